The summed E-state index contributed by atoms with van der Waals surface area (Å²) < 4.78 is 5.41. The number of carbonyl (C=O) groups excluding carboxylic acids is 2. The third kappa shape index (κ3) is 3.55. The Labute approximate surface area is 133 Å². The first-order valence-electron chi connectivity index (χ1n) is 7.22. The molecule has 0 unspecified atom stereocenters. The maximum Gasteiger partial charge on any atom is 0.262 e. The summed E-state index contributed by atoms with van der Waals surface area (Å²) in [5.74, 6) is 0.122. The normalized spacial score (nSPS) is 10.3. The van der Waals surface area contributed by atoms with Crippen molar-refractivity contribution in [3.8, 4) is 5.75 Å². The first-order valence-corrected chi connectivity index (χ1v) is 7.22. The lowest BCUT2D eigenvalue weighted by Gasteiger charge is -2.09. The van der Waals surface area contributed by atoms with Gasteiger partial charge in [-0.1, -0.05) is 42.5 Å². The highest BCUT2D eigenvalue weighted by Crippen LogP contribution is 2.19. The SMILES string of the molecule is O=Cc1ccccc1OCC(=O)Nc1ccc2ccccc2c1. The smallest absolute Gasteiger partial charge is 0.262 e. The number of aldehydes is 1. The van der Waals surface area contributed by atoms with Gasteiger partial charge < -0.3 is 10.1 Å². The fourth-order valence-electron chi connectivity index (χ4n) is 2.32. The topological polar surface area (TPSA) is 55.4 Å². The second kappa shape index (κ2) is 6.75. The molecule has 114 valence electrons. The van der Waals surface area contributed by atoms with Crippen molar-refractivity contribution in [3.05, 3.63) is 72.3 Å². The molecule has 0 heterocycles. The zero-order valence-electron chi connectivity index (χ0n) is 12.4. The van der Waals surface area contributed by atoms with Gasteiger partial charge in [-0.15, -0.1) is 0 Å². The molecule has 3 rings (SSSR count). The maximum absolute atomic E-state index is 12.0. The van der Waals surface area contributed by atoms with Crippen molar-refractivity contribution < 1.29 is 14.3 Å². The van der Waals surface area contributed by atoms with E-state index in [0.29, 0.717) is 23.3 Å². The van der Waals surface area contributed by atoms with Crippen LogP contribution >= 0.6 is 0 Å². The fraction of sp³-hybridized carbons (Fsp3) is 0.0526. The van der Waals surface area contributed by atoms with E-state index in [9.17, 15) is 9.59 Å². The number of para-hydroxylation sites is 1. The van der Waals surface area contributed by atoms with Gasteiger partial charge in [-0.3, -0.25) is 9.59 Å². The van der Waals surface area contributed by atoms with Gasteiger partial charge in [0.05, 0.1) is 5.56 Å². The van der Waals surface area contributed by atoms with E-state index in [-0.39, 0.29) is 12.5 Å². The van der Waals surface area contributed by atoms with Crippen LogP contribution in [0.5, 0.6) is 5.75 Å². The minimum atomic E-state index is -0.277. The van der Waals surface area contributed by atoms with Crippen molar-refractivity contribution in [2.45, 2.75) is 0 Å². The van der Waals surface area contributed by atoms with Crippen LogP contribution in [0, 0.1) is 0 Å². The van der Waals surface area contributed by atoms with Gasteiger partial charge in [0.15, 0.2) is 12.9 Å². The van der Waals surface area contributed by atoms with Crippen molar-refractivity contribution in [1.29, 1.82) is 0 Å². The fourth-order valence-corrected chi connectivity index (χ4v) is 2.32. The molecule has 0 radical (unpaired) electrons. The Morgan fingerprint density at radius 3 is 2.52 bits per heavy atom. The molecule has 4 nitrogen and oxygen atoms in total. The second-order valence-corrected chi connectivity index (χ2v) is 5.05. The third-order valence-electron chi connectivity index (χ3n) is 3.44. The zero-order valence-corrected chi connectivity index (χ0v) is 12.4. The summed E-state index contributed by atoms with van der Waals surface area (Å²) >= 11 is 0. The lowest BCUT2D eigenvalue weighted by Crippen LogP contribution is -2.20. The molecule has 0 atom stereocenters. The molecule has 0 aliphatic rings. The van der Waals surface area contributed by atoms with Crippen molar-refractivity contribution >= 4 is 28.7 Å². The van der Waals surface area contributed by atoms with Crippen molar-refractivity contribution in [2.75, 3.05) is 11.9 Å². The molecule has 0 saturated carbocycles. The molecule has 0 saturated heterocycles. The van der Waals surface area contributed by atoms with Crippen LogP contribution in [0.25, 0.3) is 10.8 Å². The van der Waals surface area contributed by atoms with Gasteiger partial charge in [-0.25, -0.2) is 0 Å². The van der Waals surface area contributed by atoms with Gasteiger partial charge in [-0.05, 0) is 35.0 Å². The first kappa shape index (κ1) is 14.8. The van der Waals surface area contributed by atoms with Crippen molar-refractivity contribution in [1.82, 2.24) is 0 Å². The molecule has 1 amide bonds. The maximum atomic E-state index is 12.0. The summed E-state index contributed by atoms with van der Waals surface area (Å²) in [6.45, 7) is -0.155. The molecule has 0 aliphatic heterocycles. The number of benzene rings is 3. The van der Waals surface area contributed by atoms with E-state index >= 15 is 0 Å². The Balaban J connectivity index is 1.65. The molecular formula is C19H15NO3. The van der Waals surface area contributed by atoms with Crippen LogP contribution in [-0.2, 0) is 4.79 Å². The average molecular weight is 305 g/mol. The summed E-state index contributed by atoms with van der Waals surface area (Å²) in [6, 6.07) is 20.4. The molecule has 0 fully saturated rings. The molecule has 0 spiro atoms. The number of nitrogens with one attached hydrogen (secondary N) is 1. The first-order chi connectivity index (χ1) is 11.3. The monoisotopic (exact) mass is 305 g/mol. The lowest BCUT2D eigenvalue weighted by molar-refractivity contribution is -0.118. The number of hydrogen-bond donors (Lipinski definition) is 1. The van der Waals surface area contributed by atoms with Gasteiger partial charge >= 0.3 is 0 Å². The van der Waals surface area contributed by atoms with Crippen LogP contribution in [0.15, 0.2) is 66.7 Å². The Morgan fingerprint density at radius 1 is 0.957 bits per heavy atom. The van der Waals surface area contributed by atoms with Crippen LogP contribution in [-0.4, -0.2) is 18.8 Å². The number of fused-ring (bicyclic) bond motifs is 1. The highest BCUT2D eigenvalue weighted by Gasteiger charge is 2.07. The Hall–Kier alpha value is -3.14. The van der Waals surface area contributed by atoms with Gasteiger partial charge in [0.1, 0.15) is 5.75 Å². The largest absolute Gasteiger partial charge is 0.483 e. The number of ether oxygens (including phenoxy) is 1. The number of rotatable bonds is 5. The molecule has 4 heteroatoms. The van der Waals surface area contributed by atoms with Gasteiger partial charge in [-0.2, -0.15) is 0 Å². The van der Waals surface area contributed by atoms with E-state index in [1.165, 1.54) is 0 Å². The van der Waals surface area contributed by atoms with Crippen LogP contribution in [0.4, 0.5) is 5.69 Å². The zero-order chi connectivity index (χ0) is 16.1. The number of hydrogen-bond acceptors (Lipinski definition) is 3. The van der Waals surface area contributed by atoms with Crippen LogP contribution in [0.1, 0.15) is 10.4 Å². The molecule has 3 aromatic carbocycles. The molecular weight excluding hydrogens is 290 g/mol. The quantitative estimate of drug-likeness (QED) is 0.732. The number of carbonyl (C=O) groups is 2. The standard InChI is InChI=1S/C19H15NO3/c21-12-16-7-3-4-8-18(16)23-13-19(22)20-17-10-9-14-5-1-2-6-15(14)11-17/h1-12H,13H2,(H,20,22). The Bertz CT molecular complexity index is 858. The van der Waals surface area contributed by atoms with Gasteiger partial charge in [0, 0.05) is 5.69 Å². The van der Waals surface area contributed by atoms with E-state index in [1.807, 2.05) is 42.5 Å². The molecule has 3 aromatic rings. The van der Waals surface area contributed by atoms with E-state index in [0.717, 1.165) is 10.8 Å². The highest BCUT2D eigenvalue weighted by molar-refractivity contribution is 5.95. The van der Waals surface area contributed by atoms with E-state index in [4.69, 9.17) is 4.74 Å². The molecule has 0 aromatic heterocycles. The van der Waals surface area contributed by atoms with Crippen molar-refractivity contribution in [2.24, 2.45) is 0 Å². The molecule has 23 heavy (non-hydrogen) atoms. The summed E-state index contributed by atoms with van der Waals surface area (Å²) in [7, 11) is 0. The summed E-state index contributed by atoms with van der Waals surface area (Å²) in [5, 5.41) is 4.96. The minimum Gasteiger partial charge on any atom is -0.483 e. The molecule has 0 bridgehead atoms. The summed E-state index contributed by atoms with van der Waals surface area (Å²) in [6.07, 6.45) is 0.705. The van der Waals surface area contributed by atoms with E-state index < -0.39 is 0 Å². The van der Waals surface area contributed by atoms with Crippen LogP contribution < -0.4 is 10.1 Å². The van der Waals surface area contributed by atoms with E-state index in [2.05, 4.69) is 5.32 Å². The van der Waals surface area contributed by atoms with E-state index in [1.54, 1.807) is 24.3 Å². The average Bonchev–Trinajstić information content (AvgIpc) is 2.60. The number of anilines is 1. The minimum absolute atomic E-state index is 0.155. The summed E-state index contributed by atoms with van der Waals surface area (Å²) in [5.41, 5.74) is 1.13. The second-order valence-electron chi connectivity index (χ2n) is 5.05. The van der Waals surface area contributed by atoms with Crippen LogP contribution in [0.3, 0.4) is 0 Å². The Kier molecular flexibility index (Phi) is 4.34. The van der Waals surface area contributed by atoms with Gasteiger partial charge in [0.25, 0.3) is 5.91 Å². The predicted molar refractivity (Wildman–Crippen MR) is 89.9 cm³/mol. The molecule has 1 N–H and O–H groups in total. The summed E-state index contributed by atoms with van der Waals surface area (Å²) in [4.78, 5) is 22.9. The van der Waals surface area contributed by atoms with Crippen molar-refractivity contribution in [3.63, 3.8) is 0 Å². The molecule has 0 aliphatic carbocycles. The Morgan fingerprint density at radius 2 is 1.70 bits per heavy atom. The van der Waals surface area contributed by atoms with Crippen LogP contribution in [0.2, 0.25) is 0 Å². The van der Waals surface area contributed by atoms with Gasteiger partial charge in [0.2, 0.25) is 0 Å². The number of amides is 1. The predicted octanol–water partition coefficient (Wildman–Crippen LogP) is 3.67. The highest BCUT2D eigenvalue weighted by atomic mass is 16.5. The third-order valence-corrected chi connectivity index (χ3v) is 3.44. The lowest BCUT2D eigenvalue weighted by atomic mass is 10.1.